The van der Waals surface area contributed by atoms with Crippen LogP contribution in [0.5, 0.6) is 0 Å². The molecular weight excluding hydrogens is 280 g/mol. The normalized spacial score (nSPS) is 17.5. The predicted molar refractivity (Wildman–Crippen MR) is 85.4 cm³/mol. The quantitative estimate of drug-likeness (QED) is 0.869. The average molecular weight is 308 g/mol. The van der Waals surface area contributed by atoms with E-state index in [4.69, 9.17) is 0 Å². The third-order valence-corrected chi connectivity index (χ3v) is 4.95. The molecule has 6 heteroatoms. The molecule has 0 unspecified atom stereocenters. The molecule has 2 N–H and O–H groups in total. The zero-order chi connectivity index (χ0) is 16.2. The highest BCUT2D eigenvalue weighted by molar-refractivity contribution is 5.74. The van der Waals surface area contributed by atoms with Crippen LogP contribution in [-0.2, 0) is 20.0 Å². The number of carbonyl (C=O) groups excluding carboxylic acids is 1. The van der Waals surface area contributed by atoms with Gasteiger partial charge in [-0.05, 0) is 31.1 Å². The molecule has 1 aromatic rings. The molecule has 2 rings (SSSR count). The summed E-state index contributed by atoms with van der Waals surface area (Å²) in [6.07, 6.45) is 5.55. The smallest absolute Gasteiger partial charge is 0.317 e. The summed E-state index contributed by atoms with van der Waals surface area (Å²) in [4.78, 5) is 14.1. The van der Waals surface area contributed by atoms with E-state index in [0.29, 0.717) is 19.6 Å². The third-order valence-electron chi connectivity index (χ3n) is 4.95. The predicted octanol–water partition coefficient (Wildman–Crippen LogP) is 1.68. The monoisotopic (exact) mass is 308 g/mol. The van der Waals surface area contributed by atoms with Crippen molar-refractivity contribution in [2.75, 3.05) is 19.7 Å². The summed E-state index contributed by atoms with van der Waals surface area (Å²) in [6, 6.07) is -0.0199. The van der Waals surface area contributed by atoms with Crippen LogP contribution >= 0.6 is 0 Å². The van der Waals surface area contributed by atoms with Gasteiger partial charge >= 0.3 is 6.03 Å². The molecule has 22 heavy (non-hydrogen) atoms. The summed E-state index contributed by atoms with van der Waals surface area (Å²) in [5.41, 5.74) is 2.12. The summed E-state index contributed by atoms with van der Waals surface area (Å²) in [5.74, 6) is 0. The Labute approximate surface area is 132 Å². The molecule has 1 aliphatic heterocycles. The fraction of sp³-hybridized carbons (Fsp3) is 0.750. The number of nitrogens with one attached hydrogen (secondary N) is 1. The van der Waals surface area contributed by atoms with Gasteiger partial charge in [-0.25, -0.2) is 4.79 Å². The largest absolute Gasteiger partial charge is 0.396 e. The van der Waals surface area contributed by atoms with Gasteiger partial charge in [0.1, 0.15) is 0 Å². The maximum Gasteiger partial charge on any atom is 0.317 e. The van der Waals surface area contributed by atoms with Crippen LogP contribution in [-0.4, -0.2) is 45.5 Å². The van der Waals surface area contributed by atoms with Gasteiger partial charge in [0.2, 0.25) is 0 Å². The molecule has 1 aliphatic rings. The number of urea groups is 1. The van der Waals surface area contributed by atoms with E-state index in [0.717, 1.165) is 36.9 Å². The SMILES string of the molecule is CCc1nn(C)cc1CNC(=O)N1CCC(CC)(CO)CC1. The van der Waals surface area contributed by atoms with Crippen molar-refractivity contribution in [3.05, 3.63) is 17.5 Å². The van der Waals surface area contributed by atoms with E-state index in [2.05, 4.69) is 24.3 Å². The minimum absolute atomic E-state index is 0.00943. The summed E-state index contributed by atoms with van der Waals surface area (Å²) in [6.45, 7) is 6.35. The van der Waals surface area contributed by atoms with Crippen LogP contribution in [0.3, 0.4) is 0 Å². The van der Waals surface area contributed by atoms with Crippen molar-refractivity contribution in [1.82, 2.24) is 20.0 Å². The number of amides is 2. The van der Waals surface area contributed by atoms with Gasteiger partial charge in [0.05, 0.1) is 5.69 Å². The van der Waals surface area contributed by atoms with Gasteiger partial charge in [0, 0.05) is 45.0 Å². The standard InChI is InChI=1S/C16H28N4O2/c1-4-14-13(11-19(3)18-14)10-17-15(22)20-8-6-16(5-2,12-21)7-9-20/h11,21H,4-10,12H2,1-3H3,(H,17,22). The molecule has 1 fully saturated rings. The third kappa shape index (κ3) is 3.61. The van der Waals surface area contributed by atoms with E-state index in [-0.39, 0.29) is 18.1 Å². The van der Waals surface area contributed by atoms with Gasteiger partial charge in [-0.2, -0.15) is 5.10 Å². The molecule has 0 aromatic carbocycles. The Morgan fingerprint density at radius 2 is 2.09 bits per heavy atom. The lowest BCUT2D eigenvalue weighted by atomic mass is 9.77. The number of hydrogen-bond acceptors (Lipinski definition) is 3. The summed E-state index contributed by atoms with van der Waals surface area (Å²) in [7, 11) is 1.90. The van der Waals surface area contributed by atoms with E-state index < -0.39 is 0 Å². The summed E-state index contributed by atoms with van der Waals surface area (Å²) in [5, 5.41) is 16.9. The summed E-state index contributed by atoms with van der Waals surface area (Å²) < 4.78 is 1.79. The number of aryl methyl sites for hydroxylation is 2. The van der Waals surface area contributed by atoms with Crippen LogP contribution < -0.4 is 5.32 Å². The van der Waals surface area contributed by atoms with Crippen LogP contribution in [0.4, 0.5) is 4.79 Å². The fourth-order valence-corrected chi connectivity index (χ4v) is 3.12. The minimum atomic E-state index is -0.0199. The zero-order valence-corrected chi connectivity index (χ0v) is 13.9. The Hall–Kier alpha value is -1.56. The van der Waals surface area contributed by atoms with E-state index in [1.54, 1.807) is 4.68 Å². The first-order valence-corrected chi connectivity index (χ1v) is 8.18. The number of nitrogens with zero attached hydrogens (tertiary/aromatic N) is 3. The number of piperidine rings is 1. The van der Waals surface area contributed by atoms with Crippen molar-refractivity contribution < 1.29 is 9.90 Å². The van der Waals surface area contributed by atoms with Gasteiger partial charge in [0.25, 0.3) is 0 Å². The first-order valence-electron chi connectivity index (χ1n) is 8.18. The van der Waals surface area contributed by atoms with E-state index >= 15 is 0 Å². The van der Waals surface area contributed by atoms with Crippen molar-refractivity contribution in [2.24, 2.45) is 12.5 Å². The Bertz CT molecular complexity index is 498. The molecule has 0 radical (unpaired) electrons. The van der Waals surface area contributed by atoms with Crippen molar-refractivity contribution in [2.45, 2.75) is 46.1 Å². The highest BCUT2D eigenvalue weighted by atomic mass is 16.3. The maximum atomic E-state index is 12.3. The van der Waals surface area contributed by atoms with Gasteiger partial charge in [-0.15, -0.1) is 0 Å². The lowest BCUT2D eigenvalue weighted by Gasteiger charge is -2.40. The number of aliphatic hydroxyl groups is 1. The van der Waals surface area contributed by atoms with Crippen LogP contribution in [0.1, 0.15) is 44.4 Å². The molecule has 0 spiro atoms. The van der Waals surface area contributed by atoms with Crippen molar-refractivity contribution in [1.29, 1.82) is 0 Å². The Morgan fingerprint density at radius 3 is 2.64 bits per heavy atom. The molecule has 2 amide bonds. The lowest BCUT2D eigenvalue weighted by molar-refractivity contribution is 0.0519. The molecule has 124 valence electrons. The summed E-state index contributed by atoms with van der Waals surface area (Å²) >= 11 is 0. The van der Waals surface area contributed by atoms with Gasteiger partial charge in [0.15, 0.2) is 0 Å². The van der Waals surface area contributed by atoms with Crippen LogP contribution in [0.25, 0.3) is 0 Å². The van der Waals surface area contributed by atoms with Crippen molar-refractivity contribution >= 4 is 6.03 Å². The first-order chi connectivity index (χ1) is 10.5. The highest BCUT2D eigenvalue weighted by Crippen LogP contribution is 2.34. The van der Waals surface area contributed by atoms with Crippen molar-refractivity contribution in [3.63, 3.8) is 0 Å². The van der Waals surface area contributed by atoms with Crippen LogP contribution in [0, 0.1) is 5.41 Å². The maximum absolute atomic E-state index is 12.3. The lowest BCUT2D eigenvalue weighted by Crippen LogP contribution is -2.48. The van der Waals surface area contributed by atoms with E-state index in [1.807, 2.05) is 18.1 Å². The highest BCUT2D eigenvalue weighted by Gasteiger charge is 2.33. The van der Waals surface area contributed by atoms with Gasteiger partial charge in [-0.3, -0.25) is 4.68 Å². The molecule has 2 heterocycles. The first kappa shape index (κ1) is 16.8. The Balaban J connectivity index is 1.86. The van der Waals surface area contributed by atoms with E-state index in [9.17, 15) is 9.90 Å². The number of aliphatic hydroxyl groups excluding tert-OH is 1. The molecule has 0 atom stereocenters. The second-order valence-electron chi connectivity index (χ2n) is 6.29. The topological polar surface area (TPSA) is 70.4 Å². The second kappa shape index (κ2) is 7.13. The molecule has 0 bridgehead atoms. The molecule has 0 aliphatic carbocycles. The Kier molecular flexibility index (Phi) is 5.45. The average Bonchev–Trinajstić information content (AvgIpc) is 2.92. The molecule has 1 saturated heterocycles. The number of carbonyl (C=O) groups is 1. The van der Waals surface area contributed by atoms with Crippen molar-refractivity contribution in [3.8, 4) is 0 Å². The van der Waals surface area contributed by atoms with Crippen LogP contribution in [0.2, 0.25) is 0 Å². The number of aromatic nitrogens is 2. The molecule has 1 aromatic heterocycles. The van der Waals surface area contributed by atoms with Gasteiger partial charge in [-0.1, -0.05) is 13.8 Å². The number of rotatable bonds is 5. The second-order valence-corrected chi connectivity index (χ2v) is 6.29. The van der Waals surface area contributed by atoms with Gasteiger partial charge < -0.3 is 15.3 Å². The zero-order valence-electron chi connectivity index (χ0n) is 13.9. The van der Waals surface area contributed by atoms with E-state index in [1.165, 1.54) is 0 Å². The molecular formula is C16H28N4O2. The minimum Gasteiger partial charge on any atom is -0.396 e. The molecule has 0 saturated carbocycles. The van der Waals surface area contributed by atoms with Crippen LogP contribution in [0.15, 0.2) is 6.20 Å². The molecule has 6 nitrogen and oxygen atoms in total. The Morgan fingerprint density at radius 1 is 1.41 bits per heavy atom. The number of hydrogen-bond donors (Lipinski definition) is 2. The number of likely N-dealkylation sites (tertiary alicyclic amines) is 1. The fourth-order valence-electron chi connectivity index (χ4n) is 3.12.